The number of hydrogen-bond acceptors (Lipinski definition) is 4. The topological polar surface area (TPSA) is 67.6 Å². The van der Waals surface area contributed by atoms with E-state index >= 15 is 0 Å². The zero-order valence-corrected chi connectivity index (χ0v) is 12.3. The second-order valence-electron chi connectivity index (χ2n) is 5.22. The van der Waals surface area contributed by atoms with Gasteiger partial charge in [0.25, 0.3) is 0 Å². The van der Waals surface area contributed by atoms with Crippen LogP contribution in [-0.4, -0.2) is 20.3 Å². The van der Waals surface area contributed by atoms with Crippen LogP contribution >= 0.6 is 0 Å². The second kappa shape index (κ2) is 4.80. The predicted molar refractivity (Wildman–Crippen MR) is 84.3 cm³/mol. The molecule has 0 spiro atoms. The smallest absolute Gasteiger partial charge is 0.143 e. The molecule has 22 heavy (non-hydrogen) atoms. The van der Waals surface area contributed by atoms with Crippen LogP contribution in [0.4, 0.5) is 0 Å². The molecule has 0 saturated carbocycles. The van der Waals surface area contributed by atoms with Crippen molar-refractivity contribution in [2.75, 3.05) is 0 Å². The molecule has 3 heterocycles. The molecule has 0 saturated heterocycles. The number of nitrogens with one attached hydrogen (secondary N) is 1. The van der Waals surface area contributed by atoms with Gasteiger partial charge in [0.05, 0.1) is 27.9 Å². The van der Waals surface area contributed by atoms with Gasteiger partial charge in [0.1, 0.15) is 11.5 Å². The molecule has 0 aliphatic rings. The van der Waals surface area contributed by atoms with E-state index in [1.165, 1.54) is 0 Å². The lowest BCUT2D eigenvalue weighted by molar-refractivity contribution is 0.393. The minimum Gasteiger partial charge on any atom is -0.361 e. The van der Waals surface area contributed by atoms with Crippen molar-refractivity contribution in [1.82, 2.24) is 20.3 Å². The lowest BCUT2D eigenvalue weighted by atomic mass is 10.0. The Hall–Kier alpha value is -2.95. The Kier molecular flexibility index (Phi) is 2.79. The molecule has 5 nitrogen and oxygen atoms in total. The van der Waals surface area contributed by atoms with Gasteiger partial charge < -0.3 is 4.52 Å². The summed E-state index contributed by atoms with van der Waals surface area (Å²) in [5.74, 6) is 0.762. The fourth-order valence-corrected chi connectivity index (χ4v) is 2.78. The van der Waals surface area contributed by atoms with Crippen molar-refractivity contribution >= 4 is 10.9 Å². The summed E-state index contributed by atoms with van der Waals surface area (Å²) >= 11 is 0. The molecule has 4 rings (SSSR count). The van der Waals surface area contributed by atoms with Crippen LogP contribution in [0.1, 0.15) is 11.5 Å². The summed E-state index contributed by atoms with van der Waals surface area (Å²) in [5.41, 5.74) is 5.50. The number of pyridine rings is 1. The monoisotopic (exact) mass is 290 g/mol. The summed E-state index contributed by atoms with van der Waals surface area (Å²) in [7, 11) is 0. The molecular formula is C17H14N4O. The van der Waals surface area contributed by atoms with Crippen LogP contribution < -0.4 is 0 Å². The Morgan fingerprint density at radius 2 is 1.82 bits per heavy atom. The zero-order chi connectivity index (χ0) is 15.1. The van der Waals surface area contributed by atoms with Crippen LogP contribution in [0.3, 0.4) is 0 Å². The van der Waals surface area contributed by atoms with E-state index < -0.39 is 0 Å². The van der Waals surface area contributed by atoms with Gasteiger partial charge in [-0.1, -0.05) is 35.5 Å². The first kappa shape index (κ1) is 12.8. The summed E-state index contributed by atoms with van der Waals surface area (Å²) < 4.78 is 5.30. The standard InChI is InChI=1S/C17H14N4O/c1-10-14(11(2)22-21-10)17-15-13(8-9-18-17)19-20-16(15)12-6-4-3-5-7-12/h3-9H,1-2H3,(H,19,20). The number of aromatic amines is 1. The Morgan fingerprint density at radius 3 is 2.55 bits per heavy atom. The summed E-state index contributed by atoms with van der Waals surface area (Å²) in [6.07, 6.45) is 1.77. The molecule has 5 heteroatoms. The van der Waals surface area contributed by atoms with Crippen molar-refractivity contribution in [2.45, 2.75) is 13.8 Å². The van der Waals surface area contributed by atoms with E-state index in [1.54, 1.807) is 6.20 Å². The van der Waals surface area contributed by atoms with Gasteiger partial charge in [-0.05, 0) is 19.9 Å². The van der Waals surface area contributed by atoms with Crippen molar-refractivity contribution < 1.29 is 4.52 Å². The number of fused-ring (bicyclic) bond motifs is 1. The molecule has 4 aromatic rings. The molecule has 108 valence electrons. The van der Waals surface area contributed by atoms with Crippen LogP contribution in [0.5, 0.6) is 0 Å². The number of rotatable bonds is 2. The van der Waals surface area contributed by atoms with Gasteiger partial charge in [-0.15, -0.1) is 0 Å². The maximum absolute atomic E-state index is 5.30. The first-order valence-electron chi connectivity index (χ1n) is 7.07. The van der Waals surface area contributed by atoms with E-state index in [2.05, 4.69) is 20.3 Å². The summed E-state index contributed by atoms with van der Waals surface area (Å²) in [4.78, 5) is 4.57. The first-order chi connectivity index (χ1) is 10.8. The van der Waals surface area contributed by atoms with E-state index in [0.29, 0.717) is 0 Å². The maximum Gasteiger partial charge on any atom is 0.143 e. The third kappa shape index (κ3) is 1.83. The van der Waals surface area contributed by atoms with E-state index in [0.717, 1.165) is 44.9 Å². The summed E-state index contributed by atoms with van der Waals surface area (Å²) in [6.45, 7) is 3.83. The number of aryl methyl sites for hydroxylation is 2. The van der Waals surface area contributed by atoms with Gasteiger partial charge in [0.2, 0.25) is 0 Å². The molecule has 1 aromatic carbocycles. The van der Waals surface area contributed by atoms with Gasteiger partial charge in [0.15, 0.2) is 0 Å². The number of hydrogen-bond donors (Lipinski definition) is 1. The minimum absolute atomic E-state index is 0.762. The normalized spacial score (nSPS) is 11.2. The molecule has 0 radical (unpaired) electrons. The van der Waals surface area contributed by atoms with Crippen LogP contribution in [0, 0.1) is 13.8 Å². The first-order valence-corrected chi connectivity index (χ1v) is 7.07. The highest BCUT2D eigenvalue weighted by Gasteiger charge is 2.19. The molecule has 0 atom stereocenters. The van der Waals surface area contributed by atoms with Gasteiger partial charge in [0, 0.05) is 11.8 Å². The van der Waals surface area contributed by atoms with Gasteiger partial charge in [-0.3, -0.25) is 10.1 Å². The van der Waals surface area contributed by atoms with Crippen molar-refractivity contribution in [1.29, 1.82) is 0 Å². The van der Waals surface area contributed by atoms with Crippen molar-refractivity contribution in [3.63, 3.8) is 0 Å². The Morgan fingerprint density at radius 1 is 1.00 bits per heavy atom. The molecule has 0 fully saturated rings. The van der Waals surface area contributed by atoms with Crippen molar-refractivity contribution in [3.05, 3.63) is 54.0 Å². The molecule has 0 bridgehead atoms. The summed E-state index contributed by atoms with van der Waals surface area (Å²) in [5, 5.41) is 12.6. The second-order valence-corrected chi connectivity index (χ2v) is 5.22. The van der Waals surface area contributed by atoms with E-state index in [-0.39, 0.29) is 0 Å². The lowest BCUT2D eigenvalue weighted by Crippen LogP contribution is -1.89. The van der Waals surface area contributed by atoms with Crippen molar-refractivity contribution in [3.8, 4) is 22.5 Å². The summed E-state index contributed by atoms with van der Waals surface area (Å²) in [6, 6.07) is 12.0. The Balaban J connectivity index is 2.07. The Labute approximate surface area is 127 Å². The number of nitrogens with zero attached hydrogens (tertiary/aromatic N) is 3. The highest BCUT2D eigenvalue weighted by atomic mass is 16.5. The molecule has 3 aromatic heterocycles. The fraction of sp³-hybridized carbons (Fsp3) is 0.118. The molecular weight excluding hydrogens is 276 g/mol. The average molecular weight is 290 g/mol. The van der Waals surface area contributed by atoms with Crippen LogP contribution in [-0.2, 0) is 0 Å². The fourth-order valence-electron chi connectivity index (χ4n) is 2.78. The van der Waals surface area contributed by atoms with Crippen molar-refractivity contribution in [2.24, 2.45) is 0 Å². The van der Waals surface area contributed by atoms with E-state index in [4.69, 9.17) is 4.52 Å². The molecule has 1 N–H and O–H groups in total. The Bertz CT molecular complexity index is 934. The number of aromatic nitrogens is 4. The largest absolute Gasteiger partial charge is 0.361 e. The van der Waals surface area contributed by atoms with Crippen LogP contribution in [0.2, 0.25) is 0 Å². The quantitative estimate of drug-likeness (QED) is 0.608. The minimum atomic E-state index is 0.762. The average Bonchev–Trinajstić information content (AvgIpc) is 3.12. The molecule has 0 unspecified atom stereocenters. The molecule has 0 aliphatic carbocycles. The third-order valence-electron chi connectivity index (χ3n) is 3.79. The zero-order valence-electron chi connectivity index (χ0n) is 12.3. The number of benzene rings is 1. The maximum atomic E-state index is 5.30. The highest BCUT2D eigenvalue weighted by molar-refractivity contribution is 6.02. The van der Waals surface area contributed by atoms with Gasteiger partial charge >= 0.3 is 0 Å². The third-order valence-corrected chi connectivity index (χ3v) is 3.79. The van der Waals surface area contributed by atoms with E-state index in [1.807, 2.05) is 50.2 Å². The predicted octanol–water partition coefficient (Wildman–Crippen LogP) is 3.90. The SMILES string of the molecule is Cc1noc(C)c1-c1nccc2[nH]nc(-c3ccccc3)c12. The van der Waals surface area contributed by atoms with Gasteiger partial charge in [-0.2, -0.15) is 5.10 Å². The van der Waals surface area contributed by atoms with E-state index in [9.17, 15) is 0 Å². The van der Waals surface area contributed by atoms with Gasteiger partial charge in [-0.25, -0.2) is 0 Å². The van der Waals surface area contributed by atoms with Crippen LogP contribution in [0.25, 0.3) is 33.4 Å². The lowest BCUT2D eigenvalue weighted by Gasteiger charge is -2.04. The molecule has 0 amide bonds. The van der Waals surface area contributed by atoms with Crippen LogP contribution in [0.15, 0.2) is 47.1 Å². The molecule has 0 aliphatic heterocycles. The highest BCUT2D eigenvalue weighted by Crippen LogP contribution is 2.35. The number of H-pyrrole nitrogens is 1.